The van der Waals surface area contributed by atoms with Gasteiger partial charge in [0.05, 0.1) is 24.8 Å². The zero-order chi connectivity index (χ0) is 59.3. The number of benzene rings is 1. The lowest BCUT2D eigenvalue weighted by Gasteiger charge is -2.22. The SMILES string of the molecule is CCC(=O)NCCCCC(NC(=O)CC)C(=O)NC(CCCCNC(=O)CCn1c(O)cc(SCC(NC(C)=O)C(=O)NC(CCCCNC(=O)Cc2ccc(OC(=O)CCN3C(=O)C=CC3=O)c(OC)c2)C(N)=O)c1O)C(N)=O. The number of thioether (sulfide) groups is 1. The van der Waals surface area contributed by atoms with Crippen LogP contribution in [-0.2, 0) is 70.5 Å². The van der Waals surface area contributed by atoms with Crippen molar-refractivity contribution in [3.8, 4) is 23.3 Å². The molecule has 4 atom stereocenters. The third kappa shape index (κ3) is 23.4. The van der Waals surface area contributed by atoms with Gasteiger partial charge in [0.1, 0.15) is 24.2 Å². The molecule has 440 valence electrons. The number of unbranched alkanes of at least 4 members (excludes halogenated alkanes) is 3. The second-order valence-electron chi connectivity index (χ2n) is 18.5. The molecule has 1 aliphatic rings. The number of nitrogens with zero attached hydrogens (tertiary/aromatic N) is 2. The Kier molecular flexibility index (Phi) is 28.6. The normalized spacial score (nSPS) is 13.3. The summed E-state index contributed by atoms with van der Waals surface area (Å²) in [4.78, 5) is 149. The van der Waals surface area contributed by atoms with Crippen molar-refractivity contribution in [2.24, 2.45) is 11.5 Å². The molecule has 1 aromatic carbocycles. The predicted octanol–water partition coefficient (Wildman–Crippen LogP) is -0.537. The Morgan fingerprint density at radius 1 is 0.625 bits per heavy atom. The lowest BCUT2D eigenvalue weighted by molar-refractivity contribution is -0.139. The number of amides is 11. The van der Waals surface area contributed by atoms with Crippen molar-refractivity contribution >= 4 is 82.7 Å². The average molecular weight is 1140 g/mol. The number of imide groups is 1. The smallest absolute Gasteiger partial charge is 0.313 e. The number of ether oxygens (including phenoxy) is 2. The maximum atomic E-state index is 13.4. The van der Waals surface area contributed by atoms with E-state index in [2.05, 4.69) is 37.2 Å². The molecule has 0 spiro atoms. The molecule has 0 saturated carbocycles. The van der Waals surface area contributed by atoms with Gasteiger partial charge in [0.25, 0.3) is 11.8 Å². The highest BCUT2D eigenvalue weighted by molar-refractivity contribution is 7.99. The van der Waals surface area contributed by atoms with Crippen LogP contribution in [0.3, 0.4) is 0 Å². The third-order valence-corrected chi connectivity index (χ3v) is 13.4. The van der Waals surface area contributed by atoms with E-state index in [-0.39, 0.29) is 117 Å². The van der Waals surface area contributed by atoms with Crippen LogP contribution in [0.5, 0.6) is 23.3 Å². The molecule has 0 bridgehead atoms. The molecule has 2 aromatic rings. The van der Waals surface area contributed by atoms with Gasteiger partial charge in [0.15, 0.2) is 17.4 Å². The van der Waals surface area contributed by atoms with Gasteiger partial charge in [-0.25, -0.2) is 0 Å². The highest BCUT2D eigenvalue weighted by Gasteiger charge is 2.29. The number of nitrogens with two attached hydrogens (primary N) is 2. The van der Waals surface area contributed by atoms with Crippen molar-refractivity contribution in [1.29, 1.82) is 0 Å². The van der Waals surface area contributed by atoms with Crippen molar-refractivity contribution in [3.05, 3.63) is 42.0 Å². The lowest BCUT2D eigenvalue weighted by Crippen LogP contribution is -2.53. The molecule has 0 saturated heterocycles. The first-order valence-electron chi connectivity index (χ1n) is 26.3. The molecule has 80 heavy (non-hydrogen) atoms. The lowest BCUT2D eigenvalue weighted by atomic mass is 10.1. The summed E-state index contributed by atoms with van der Waals surface area (Å²) < 4.78 is 11.7. The molecule has 0 fully saturated rings. The molecule has 4 unspecified atom stereocenters. The highest BCUT2D eigenvalue weighted by Crippen LogP contribution is 2.36. The van der Waals surface area contributed by atoms with Crippen LogP contribution >= 0.6 is 11.8 Å². The molecule has 11 amide bonds. The summed E-state index contributed by atoms with van der Waals surface area (Å²) in [5.74, 6) is -7.24. The van der Waals surface area contributed by atoms with Gasteiger partial charge in [0, 0.05) is 82.9 Å². The van der Waals surface area contributed by atoms with Gasteiger partial charge < -0.3 is 68.4 Å². The van der Waals surface area contributed by atoms with Crippen LogP contribution in [-0.4, -0.2) is 154 Å². The molecule has 28 heteroatoms. The number of esters is 1. The molecular weight excluding hydrogens is 1070 g/mol. The van der Waals surface area contributed by atoms with Crippen molar-refractivity contribution < 1.29 is 77.2 Å². The first-order valence-corrected chi connectivity index (χ1v) is 27.3. The maximum absolute atomic E-state index is 13.4. The number of carbonyl (C=O) groups is 12. The van der Waals surface area contributed by atoms with Crippen LogP contribution < -0.4 is 58.2 Å². The van der Waals surface area contributed by atoms with Gasteiger partial charge in [-0.1, -0.05) is 19.9 Å². The topological polar surface area (TPSA) is 408 Å². The maximum Gasteiger partial charge on any atom is 0.313 e. The fraction of sp³-hybridized carbons (Fsp3) is 0.538. The second-order valence-corrected chi connectivity index (χ2v) is 19.6. The van der Waals surface area contributed by atoms with Crippen molar-refractivity contribution in [2.75, 3.05) is 39.0 Å². The largest absolute Gasteiger partial charge is 0.494 e. The highest BCUT2D eigenvalue weighted by atomic mass is 32.2. The number of methoxy groups -OCH3 is 1. The average Bonchev–Trinajstić information content (AvgIpc) is 3.88. The number of aromatic hydroxyl groups is 2. The molecule has 1 aliphatic heterocycles. The summed E-state index contributed by atoms with van der Waals surface area (Å²) >= 11 is 0.905. The third-order valence-electron chi connectivity index (χ3n) is 12.3. The van der Waals surface area contributed by atoms with E-state index in [1.165, 1.54) is 32.2 Å². The van der Waals surface area contributed by atoms with Gasteiger partial charge >= 0.3 is 5.97 Å². The van der Waals surface area contributed by atoms with Gasteiger partial charge in [-0.3, -0.25) is 67.0 Å². The first-order chi connectivity index (χ1) is 38.1. The van der Waals surface area contributed by atoms with E-state index in [1.807, 2.05) is 0 Å². The van der Waals surface area contributed by atoms with E-state index in [0.717, 1.165) is 33.4 Å². The van der Waals surface area contributed by atoms with Crippen LogP contribution in [0, 0.1) is 0 Å². The number of aromatic nitrogens is 1. The summed E-state index contributed by atoms with van der Waals surface area (Å²) in [5.41, 5.74) is 11.7. The quantitative estimate of drug-likeness (QED) is 0.0132. The Hall–Kier alpha value is -8.17. The molecule has 0 radical (unpaired) electrons. The van der Waals surface area contributed by atoms with E-state index < -0.39 is 83.3 Å². The first kappa shape index (κ1) is 66.1. The minimum absolute atomic E-state index is 0.0622. The van der Waals surface area contributed by atoms with Crippen molar-refractivity contribution in [1.82, 2.24) is 46.7 Å². The predicted molar refractivity (Wildman–Crippen MR) is 289 cm³/mol. The molecular formula is C52H75N11O16S. The fourth-order valence-corrected chi connectivity index (χ4v) is 8.83. The van der Waals surface area contributed by atoms with Crippen LogP contribution in [0.15, 0.2) is 41.3 Å². The monoisotopic (exact) mass is 1140 g/mol. The standard InChI is InChI=1S/C52H75N11O16S/c1-5-40(65)55-22-12-9-15-35(59-41(66)6-2)50(75)60-33(48(53)73)13-7-10-23-56-42(67)20-25-63-46(71)29-39(52(63)77)80-30-36(58-31(3)64)51(76)61-34(49(54)74)14-8-11-24-57-43(68)28-32-16-17-37(38(27-32)78-4)79-47(72)21-26-62-44(69)18-19-45(62)70/h16-19,27,29,33-36,71,77H,5-15,20-26,28,30H2,1-4H3,(H2,53,73)(H2,54,74)(H,55,65)(H,56,67)(H,57,68)(H,58,64)(H,59,66)(H,60,75)(H,61,76). The summed E-state index contributed by atoms with van der Waals surface area (Å²) in [5, 5.41) is 40.1. The number of rotatable bonds is 38. The summed E-state index contributed by atoms with van der Waals surface area (Å²) in [6.45, 7) is 5.05. The van der Waals surface area contributed by atoms with Crippen LogP contribution in [0.2, 0.25) is 0 Å². The Morgan fingerprint density at radius 3 is 1.70 bits per heavy atom. The number of primary amides is 2. The van der Waals surface area contributed by atoms with E-state index in [1.54, 1.807) is 19.9 Å². The van der Waals surface area contributed by atoms with E-state index in [9.17, 15) is 67.7 Å². The Balaban J connectivity index is 1.41. The summed E-state index contributed by atoms with van der Waals surface area (Å²) in [6, 6.07) is 1.41. The molecule has 1 aromatic heterocycles. The number of hydrogen-bond donors (Lipinski definition) is 11. The van der Waals surface area contributed by atoms with Crippen LogP contribution in [0.1, 0.15) is 110 Å². The Bertz CT molecular complexity index is 2550. The molecule has 3 rings (SSSR count). The van der Waals surface area contributed by atoms with Crippen LogP contribution in [0.4, 0.5) is 0 Å². The van der Waals surface area contributed by atoms with E-state index in [0.29, 0.717) is 57.1 Å². The van der Waals surface area contributed by atoms with Crippen molar-refractivity contribution in [2.45, 2.75) is 146 Å². The fourth-order valence-electron chi connectivity index (χ4n) is 7.82. The van der Waals surface area contributed by atoms with E-state index in [4.69, 9.17) is 20.9 Å². The van der Waals surface area contributed by atoms with Gasteiger partial charge in [-0.05, 0) is 75.5 Å². The number of carbonyl (C=O) groups excluding carboxylic acids is 12. The summed E-state index contributed by atoms with van der Waals surface area (Å²) in [6.07, 6.45) is 5.33. The number of hydrogen-bond acceptors (Lipinski definition) is 17. The Labute approximate surface area is 467 Å². The van der Waals surface area contributed by atoms with Gasteiger partial charge in [0.2, 0.25) is 59.0 Å². The van der Waals surface area contributed by atoms with Crippen LogP contribution in [0.25, 0.3) is 0 Å². The summed E-state index contributed by atoms with van der Waals surface area (Å²) in [7, 11) is 1.35. The van der Waals surface area contributed by atoms with Gasteiger partial charge in [-0.15, -0.1) is 11.8 Å². The zero-order valence-electron chi connectivity index (χ0n) is 45.5. The Morgan fingerprint density at radius 2 is 1.16 bits per heavy atom. The number of nitrogens with one attached hydrogen (secondary N) is 7. The van der Waals surface area contributed by atoms with E-state index >= 15 is 0 Å². The van der Waals surface area contributed by atoms with Gasteiger partial charge in [-0.2, -0.15) is 0 Å². The molecule has 0 aliphatic carbocycles. The van der Waals surface area contributed by atoms with Crippen molar-refractivity contribution in [3.63, 3.8) is 0 Å². The minimum atomic E-state index is -1.23. The zero-order valence-corrected chi connectivity index (χ0v) is 46.3. The molecule has 13 N–H and O–H groups in total. The molecule has 27 nitrogen and oxygen atoms in total. The minimum Gasteiger partial charge on any atom is -0.494 e. The second kappa shape index (κ2) is 34.7. The molecule has 2 heterocycles.